The molecule has 8 heteroatoms. The SMILES string of the molecule is CC(C)=CCN1CCC(NC(=O)c2ccccc2S(=O)(=O)N2CCOCC2)CC1. The number of amides is 1. The van der Waals surface area contributed by atoms with Crippen molar-refractivity contribution in [3.05, 3.63) is 41.5 Å². The molecule has 0 saturated carbocycles. The lowest BCUT2D eigenvalue weighted by atomic mass is 10.0. The molecule has 160 valence electrons. The molecule has 3 rings (SSSR count). The number of hydrogen-bond donors (Lipinski definition) is 1. The van der Waals surface area contributed by atoms with Crippen molar-refractivity contribution in [1.82, 2.24) is 14.5 Å². The number of sulfonamides is 1. The first-order chi connectivity index (χ1) is 13.9. The van der Waals surface area contributed by atoms with Gasteiger partial charge in [-0.05, 0) is 38.8 Å². The number of nitrogens with zero attached hydrogens (tertiary/aromatic N) is 2. The number of allylic oxidation sites excluding steroid dienone is 1. The van der Waals surface area contributed by atoms with Gasteiger partial charge in [0.15, 0.2) is 0 Å². The van der Waals surface area contributed by atoms with E-state index in [1.807, 2.05) is 0 Å². The van der Waals surface area contributed by atoms with E-state index in [1.54, 1.807) is 18.2 Å². The number of piperidine rings is 1. The highest BCUT2D eigenvalue weighted by atomic mass is 32.2. The molecule has 0 atom stereocenters. The number of hydrogen-bond acceptors (Lipinski definition) is 5. The van der Waals surface area contributed by atoms with E-state index in [0.29, 0.717) is 26.3 Å². The van der Waals surface area contributed by atoms with Crippen molar-refractivity contribution < 1.29 is 17.9 Å². The van der Waals surface area contributed by atoms with Crippen LogP contribution in [-0.4, -0.2) is 75.5 Å². The standard InChI is InChI=1S/C21H31N3O4S/c1-17(2)7-10-23-11-8-18(9-12-23)22-21(25)19-5-3-4-6-20(19)29(26,27)24-13-15-28-16-14-24/h3-7,18H,8-16H2,1-2H3,(H,22,25). The number of nitrogens with one attached hydrogen (secondary N) is 1. The average Bonchev–Trinajstić information content (AvgIpc) is 2.74. The Morgan fingerprint density at radius 1 is 1.14 bits per heavy atom. The zero-order valence-corrected chi connectivity index (χ0v) is 18.1. The van der Waals surface area contributed by atoms with E-state index in [2.05, 4.69) is 30.1 Å². The van der Waals surface area contributed by atoms with Crippen molar-refractivity contribution in [3.8, 4) is 0 Å². The topological polar surface area (TPSA) is 79.0 Å². The van der Waals surface area contributed by atoms with Crippen LogP contribution in [0.15, 0.2) is 40.8 Å². The minimum atomic E-state index is -3.73. The Kier molecular flexibility index (Phi) is 7.45. The number of likely N-dealkylation sites (tertiary alicyclic amines) is 1. The predicted octanol–water partition coefficient (Wildman–Crippen LogP) is 1.87. The predicted molar refractivity (Wildman–Crippen MR) is 112 cm³/mol. The smallest absolute Gasteiger partial charge is 0.252 e. The second kappa shape index (κ2) is 9.84. The van der Waals surface area contributed by atoms with Crippen LogP contribution < -0.4 is 5.32 Å². The van der Waals surface area contributed by atoms with Crippen LogP contribution in [0.5, 0.6) is 0 Å². The summed E-state index contributed by atoms with van der Waals surface area (Å²) in [6, 6.07) is 6.53. The van der Waals surface area contributed by atoms with E-state index in [0.717, 1.165) is 32.5 Å². The number of carbonyl (C=O) groups is 1. The van der Waals surface area contributed by atoms with Gasteiger partial charge >= 0.3 is 0 Å². The minimum absolute atomic E-state index is 0.0598. The van der Waals surface area contributed by atoms with Crippen molar-refractivity contribution in [2.75, 3.05) is 45.9 Å². The van der Waals surface area contributed by atoms with Gasteiger partial charge in [0.05, 0.1) is 23.7 Å². The van der Waals surface area contributed by atoms with Crippen molar-refractivity contribution in [2.24, 2.45) is 0 Å². The molecule has 0 unspecified atom stereocenters. The molecule has 0 spiro atoms. The first kappa shape index (κ1) is 22.0. The molecule has 1 N–H and O–H groups in total. The quantitative estimate of drug-likeness (QED) is 0.710. The fraction of sp³-hybridized carbons (Fsp3) is 0.571. The monoisotopic (exact) mass is 421 g/mol. The van der Waals surface area contributed by atoms with E-state index < -0.39 is 10.0 Å². The van der Waals surface area contributed by atoms with Crippen LogP contribution in [0.3, 0.4) is 0 Å². The van der Waals surface area contributed by atoms with Crippen molar-refractivity contribution in [3.63, 3.8) is 0 Å². The Labute approximate surface area is 173 Å². The van der Waals surface area contributed by atoms with Crippen LogP contribution in [0.25, 0.3) is 0 Å². The lowest BCUT2D eigenvalue weighted by Gasteiger charge is -2.32. The summed E-state index contributed by atoms with van der Waals surface area (Å²) in [5.74, 6) is -0.319. The van der Waals surface area contributed by atoms with E-state index in [1.165, 1.54) is 15.9 Å². The van der Waals surface area contributed by atoms with Crippen molar-refractivity contribution >= 4 is 15.9 Å². The fourth-order valence-electron chi connectivity index (χ4n) is 3.64. The molecular formula is C21H31N3O4S. The van der Waals surface area contributed by atoms with E-state index in [9.17, 15) is 13.2 Å². The number of morpholine rings is 1. The maximum Gasteiger partial charge on any atom is 0.252 e. The summed E-state index contributed by atoms with van der Waals surface area (Å²) in [6.07, 6.45) is 3.94. The van der Waals surface area contributed by atoms with Crippen LogP contribution in [0.2, 0.25) is 0 Å². The highest BCUT2D eigenvalue weighted by Gasteiger charge is 2.31. The highest BCUT2D eigenvalue weighted by molar-refractivity contribution is 7.89. The molecule has 1 amide bonds. The molecule has 0 bridgehead atoms. The molecule has 29 heavy (non-hydrogen) atoms. The molecule has 2 aliphatic heterocycles. The van der Waals surface area contributed by atoms with Gasteiger partial charge in [0.25, 0.3) is 5.91 Å². The van der Waals surface area contributed by atoms with Crippen LogP contribution in [0, 0.1) is 0 Å². The van der Waals surface area contributed by atoms with Gasteiger partial charge in [0, 0.05) is 38.8 Å². The molecule has 2 aliphatic rings. The molecule has 0 aliphatic carbocycles. The summed E-state index contributed by atoms with van der Waals surface area (Å²) in [6.45, 7) is 8.32. The lowest BCUT2D eigenvalue weighted by Crippen LogP contribution is -2.45. The van der Waals surface area contributed by atoms with Crippen LogP contribution in [0.1, 0.15) is 37.0 Å². The molecule has 2 heterocycles. The summed E-state index contributed by atoms with van der Waals surface area (Å²) in [7, 11) is -3.73. The molecule has 2 saturated heterocycles. The normalized spacial score (nSPS) is 19.7. The lowest BCUT2D eigenvalue weighted by molar-refractivity contribution is 0.0729. The summed E-state index contributed by atoms with van der Waals surface area (Å²) in [5.41, 5.74) is 1.52. The Morgan fingerprint density at radius 3 is 2.45 bits per heavy atom. The van der Waals surface area contributed by atoms with Gasteiger partial charge < -0.3 is 10.1 Å². The minimum Gasteiger partial charge on any atom is -0.379 e. The third kappa shape index (κ3) is 5.66. The van der Waals surface area contributed by atoms with Gasteiger partial charge in [-0.25, -0.2) is 8.42 Å². The zero-order chi connectivity index (χ0) is 20.9. The van der Waals surface area contributed by atoms with Crippen molar-refractivity contribution in [2.45, 2.75) is 37.6 Å². The first-order valence-electron chi connectivity index (χ1n) is 10.2. The van der Waals surface area contributed by atoms with Gasteiger partial charge in [-0.1, -0.05) is 23.8 Å². The van der Waals surface area contributed by atoms with Gasteiger partial charge in [-0.15, -0.1) is 0 Å². The van der Waals surface area contributed by atoms with Gasteiger partial charge in [-0.3, -0.25) is 9.69 Å². The van der Waals surface area contributed by atoms with E-state index >= 15 is 0 Å². The maximum atomic E-state index is 13.1. The molecule has 2 fully saturated rings. The Balaban J connectivity index is 1.66. The molecule has 7 nitrogen and oxygen atoms in total. The highest BCUT2D eigenvalue weighted by Crippen LogP contribution is 2.22. The summed E-state index contributed by atoms with van der Waals surface area (Å²) in [5, 5.41) is 3.05. The summed E-state index contributed by atoms with van der Waals surface area (Å²) < 4.78 is 32.8. The van der Waals surface area contributed by atoms with E-state index in [4.69, 9.17) is 4.74 Å². The van der Waals surface area contributed by atoms with Crippen LogP contribution in [-0.2, 0) is 14.8 Å². The molecule has 1 aromatic carbocycles. The van der Waals surface area contributed by atoms with Gasteiger partial charge in [0.2, 0.25) is 10.0 Å². The third-order valence-corrected chi connectivity index (χ3v) is 7.36. The molecule has 0 radical (unpaired) electrons. The number of carbonyl (C=O) groups excluding carboxylic acids is 1. The van der Waals surface area contributed by atoms with Crippen LogP contribution in [0.4, 0.5) is 0 Å². The van der Waals surface area contributed by atoms with Gasteiger partial charge in [-0.2, -0.15) is 4.31 Å². The average molecular weight is 422 g/mol. The van der Waals surface area contributed by atoms with Crippen LogP contribution >= 0.6 is 0 Å². The molecular weight excluding hydrogens is 390 g/mol. The number of ether oxygens (including phenoxy) is 1. The summed E-state index contributed by atoms with van der Waals surface area (Å²) in [4.78, 5) is 15.4. The first-order valence-corrected chi connectivity index (χ1v) is 11.7. The fourth-order valence-corrected chi connectivity index (χ4v) is 5.24. The Morgan fingerprint density at radius 2 is 1.79 bits per heavy atom. The maximum absolute atomic E-state index is 13.1. The Hall–Kier alpha value is -1.74. The number of benzene rings is 1. The zero-order valence-electron chi connectivity index (χ0n) is 17.3. The van der Waals surface area contributed by atoms with E-state index in [-0.39, 0.29) is 22.4 Å². The largest absolute Gasteiger partial charge is 0.379 e. The van der Waals surface area contributed by atoms with Crippen molar-refractivity contribution in [1.29, 1.82) is 0 Å². The second-order valence-corrected chi connectivity index (χ2v) is 9.75. The second-order valence-electron chi connectivity index (χ2n) is 7.84. The Bertz CT molecular complexity index is 835. The molecule has 0 aromatic heterocycles. The third-order valence-electron chi connectivity index (χ3n) is 5.40. The van der Waals surface area contributed by atoms with Gasteiger partial charge in [0.1, 0.15) is 0 Å². The molecule has 1 aromatic rings. The number of rotatable bonds is 6. The summed E-state index contributed by atoms with van der Waals surface area (Å²) >= 11 is 0.